The second-order valence-corrected chi connectivity index (χ2v) is 4.29. The van der Waals surface area contributed by atoms with Gasteiger partial charge in [-0.05, 0) is 25.5 Å². The fraction of sp³-hybridized carbons (Fsp3) is 0.286. The van der Waals surface area contributed by atoms with Crippen LogP contribution < -0.4 is 0 Å². The Morgan fingerprint density at radius 1 is 1.00 bits per heavy atom. The van der Waals surface area contributed by atoms with E-state index < -0.39 is 0 Å². The van der Waals surface area contributed by atoms with Crippen LogP contribution in [0.15, 0.2) is 42.0 Å². The summed E-state index contributed by atoms with van der Waals surface area (Å²) in [5.74, 6) is 0. The first-order valence-corrected chi connectivity index (χ1v) is 5.32. The molecule has 78 valence electrons. The van der Waals surface area contributed by atoms with Crippen LogP contribution in [0.2, 0.25) is 0 Å². The van der Waals surface area contributed by atoms with E-state index in [-0.39, 0.29) is 0 Å². The van der Waals surface area contributed by atoms with Crippen LogP contribution in [0.25, 0.3) is 5.70 Å². The van der Waals surface area contributed by atoms with E-state index in [9.17, 15) is 0 Å². The zero-order chi connectivity index (χ0) is 10.8. The Hall–Kier alpha value is -1.50. The molecule has 1 aromatic carbocycles. The zero-order valence-electron chi connectivity index (χ0n) is 9.62. The summed E-state index contributed by atoms with van der Waals surface area (Å²) in [6.07, 6.45) is 4.40. The molecule has 0 amide bonds. The van der Waals surface area contributed by atoms with Crippen molar-refractivity contribution in [3.63, 3.8) is 0 Å². The molecule has 1 aliphatic heterocycles. The third-order valence-corrected chi connectivity index (χ3v) is 2.77. The van der Waals surface area contributed by atoms with Crippen molar-refractivity contribution in [2.45, 2.75) is 13.8 Å². The van der Waals surface area contributed by atoms with Gasteiger partial charge in [-0.25, -0.2) is 0 Å². The Kier molecular flexibility index (Phi) is 2.63. The Morgan fingerprint density at radius 2 is 1.67 bits per heavy atom. The number of hydrogen-bond acceptors (Lipinski definition) is 1. The first kappa shape index (κ1) is 10.0. The minimum atomic E-state index is 1.03. The fourth-order valence-corrected chi connectivity index (χ4v) is 1.90. The van der Waals surface area contributed by atoms with Crippen molar-refractivity contribution in [2.24, 2.45) is 0 Å². The van der Waals surface area contributed by atoms with Gasteiger partial charge in [-0.3, -0.25) is 0 Å². The summed E-state index contributed by atoms with van der Waals surface area (Å²) in [7, 11) is 2.14. The van der Waals surface area contributed by atoms with E-state index in [2.05, 4.69) is 62.2 Å². The molecule has 0 radical (unpaired) electrons. The van der Waals surface area contributed by atoms with Crippen LogP contribution in [0.5, 0.6) is 0 Å². The minimum Gasteiger partial charge on any atom is -0.370 e. The van der Waals surface area contributed by atoms with Crippen LogP contribution in [-0.4, -0.2) is 18.5 Å². The van der Waals surface area contributed by atoms with Gasteiger partial charge < -0.3 is 4.90 Å². The van der Waals surface area contributed by atoms with Crippen LogP contribution in [0.4, 0.5) is 0 Å². The highest BCUT2D eigenvalue weighted by Crippen LogP contribution is 2.22. The fourth-order valence-electron chi connectivity index (χ4n) is 1.90. The number of hydrogen-bond donors (Lipinski definition) is 0. The average Bonchev–Trinajstić information content (AvgIpc) is 2.20. The van der Waals surface area contributed by atoms with Gasteiger partial charge in [0.1, 0.15) is 0 Å². The Balaban J connectivity index is 2.35. The van der Waals surface area contributed by atoms with E-state index in [0.717, 1.165) is 6.54 Å². The summed E-state index contributed by atoms with van der Waals surface area (Å²) in [6, 6.07) is 8.70. The van der Waals surface area contributed by atoms with E-state index in [4.69, 9.17) is 0 Å². The van der Waals surface area contributed by atoms with Crippen LogP contribution in [-0.2, 0) is 0 Å². The number of benzene rings is 1. The third-order valence-electron chi connectivity index (χ3n) is 2.77. The van der Waals surface area contributed by atoms with Crippen molar-refractivity contribution in [2.75, 3.05) is 13.6 Å². The van der Waals surface area contributed by atoms with Gasteiger partial charge >= 0.3 is 0 Å². The number of likely N-dealkylation sites (N-methyl/N-ethyl adjacent to an activating group) is 1. The molecule has 0 aliphatic carbocycles. The molecular weight excluding hydrogens is 182 g/mol. The Bertz CT molecular complexity index is 409. The molecule has 2 rings (SSSR count). The van der Waals surface area contributed by atoms with Crippen LogP contribution in [0, 0.1) is 6.92 Å². The smallest absolute Gasteiger partial charge is 0.0440 e. The van der Waals surface area contributed by atoms with Gasteiger partial charge in [-0.2, -0.15) is 0 Å². The van der Waals surface area contributed by atoms with Gasteiger partial charge in [0.2, 0.25) is 0 Å². The second-order valence-electron chi connectivity index (χ2n) is 4.29. The summed E-state index contributed by atoms with van der Waals surface area (Å²) in [5, 5.41) is 0. The van der Waals surface area contributed by atoms with E-state index in [1.54, 1.807) is 0 Å². The summed E-state index contributed by atoms with van der Waals surface area (Å²) < 4.78 is 0. The number of nitrogens with zero attached hydrogens (tertiary/aromatic N) is 1. The molecule has 0 saturated carbocycles. The molecule has 1 heterocycles. The van der Waals surface area contributed by atoms with Crippen LogP contribution >= 0.6 is 0 Å². The SMILES string of the molecule is CC1=CC=C(c2ccc(C)cc2)N(C)C1. The topological polar surface area (TPSA) is 3.24 Å². The molecular formula is C14H17N. The highest BCUT2D eigenvalue weighted by atomic mass is 15.1. The highest BCUT2D eigenvalue weighted by molar-refractivity contribution is 5.67. The standard InChI is InChI=1S/C14H17N/c1-11-4-7-13(8-5-11)14-9-6-12(2)10-15(14)3/h4-9H,10H2,1-3H3. The summed E-state index contributed by atoms with van der Waals surface area (Å²) in [6.45, 7) is 5.31. The number of allylic oxidation sites excluding steroid dienone is 2. The van der Waals surface area contributed by atoms with Crippen LogP contribution in [0.1, 0.15) is 18.1 Å². The molecule has 0 atom stereocenters. The highest BCUT2D eigenvalue weighted by Gasteiger charge is 2.10. The lowest BCUT2D eigenvalue weighted by molar-refractivity contribution is 0.516. The molecule has 0 saturated heterocycles. The molecule has 0 spiro atoms. The molecule has 1 aliphatic rings. The van der Waals surface area contributed by atoms with Crippen LogP contribution in [0.3, 0.4) is 0 Å². The van der Waals surface area contributed by atoms with Gasteiger partial charge in [0.25, 0.3) is 0 Å². The lowest BCUT2D eigenvalue weighted by Crippen LogP contribution is -2.21. The lowest BCUT2D eigenvalue weighted by atomic mass is 10.0. The Labute approximate surface area is 91.7 Å². The van der Waals surface area contributed by atoms with Crippen molar-refractivity contribution in [3.05, 3.63) is 53.1 Å². The first-order valence-electron chi connectivity index (χ1n) is 5.32. The van der Waals surface area contributed by atoms with E-state index in [1.165, 1.54) is 22.4 Å². The monoisotopic (exact) mass is 199 g/mol. The van der Waals surface area contributed by atoms with Crippen molar-refractivity contribution in [1.82, 2.24) is 4.90 Å². The van der Waals surface area contributed by atoms with Crippen molar-refractivity contribution >= 4 is 5.70 Å². The lowest BCUT2D eigenvalue weighted by Gasteiger charge is -2.26. The summed E-state index contributed by atoms with van der Waals surface area (Å²) in [5.41, 5.74) is 5.32. The molecule has 15 heavy (non-hydrogen) atoms. The first-order chi connectivity index (χ1) is 7.16. The van der Waals surface area contributed by atoms with Crippen molar-refractivity contribution < 1.29 is 0 Å². The number of aryl methyl sites for hydroxylation is 1. The summed E-state index contributed by atoms with van der Waals surface area (Å²) >= 11 is 0. The molecule has 0 bridgehead atoms. The van der Waals surface area contributed by atoms with Gasteiger partial charge in [0.05, 0.1) is 0 Å². The normalized spacial score (nSPS) is 16.1. The molecule has 0 fully saturated rings. The minimum absolute atomic E-state index is 1.03. The second kappa shape index (κ2) is 3.93. The molecule has 1 aromatic rings. The predicted octanol–water partition coefficient (Wildman–Crippen LogP) is 3.23. The molecule has 1 nitrogen and oxygen atoms in total. The van der Waals surface area contributed by atoms with Gasteiger partial charge in [-0.15, -0.1) is 0 Å². The molecule has 0 N–H and O–H groups in total. The zero-order valence-corrected chi connectivity index (χ0v) is 9.62. The van der Waals surface area contributed by atoms with E-state index in [0.29, 0.717) is 0 Å². The molecule has 0 aromatic heterocycles. The molecule has 0 unspecified atom stereocenters. The average molecular weight is 199 g/mol. The van der Waals surface area contributed by atoms with Gasteiger partial charge in [0.15, 0.2) is 0 Å². The van der Waals surface area contributed by atoms with Crippen molar-refractivity contribution in [3.8, 4) is 0 Å². The van der Waals surface area contributed by atoms with Gasteiger partial charge in [0, 0.05) is 19.3 Å². The maximum absolute atomic E-state index is 2.29. The quantitative estimate of drug-likeness (QED) is 0.671. The summed E-state index contributed by atoms with van der Waals surface area (Å²) in [4.78, 5) is 2.29. The largest absolute Gasteiger partial charge is 0.370 e. The maximum atomic E-state index is 2.29. The van der Waals surface area contributed by atoms with E-state index >= 15 is 0 Å². The van der Waals surface area contributed by atoms with Gasteiger partial charge in [-0.1, -0.05) is 41.5 Å². The number of rotatable bonds is 1. The Morgan fingerprint density at radius 3 is 2.27 bits per heavy atom. The van der Waals surface area contributed by atoms with E-state index in [1.807, 2.05) is 0 Å². The van der Waals surface area contributed by atoms with Crippen molar-refractivity contribution in [1.29, 1.82) is 0 Å². The third kappa shape index (κ3) is 2.12. The predicted molar refractivity (Wildman–Crippen MR) is 65.5 cm³/mol. The maximum Gasteiger partial charge on any atom is 0.0440 e. The molecule has 1 heteroatoms.